The molecular formula is C11H23N3O4S. The van der Waals surface area contributed by atoms with E-state index in [9.17, 15) is 13.2 Å². The van der Waals surface area contributed by atoms with Crippen LogP contribution in [0.25, 0.3) is 0 Å². The van der Waals surface area contributed by atoms with Crippen LogP contribution in [0.4, 0.5) is 0 Å². The van der Waals surface area contributed by atoms with Crippen molar-refractivity contribution in [2.24, 2.45) is 16.3 Å². The summed E-state index contributed by atoms with van der Waals surface area (Å²) in [5, 5.41) is 14.3. The Bertz CT molecular complexity index is 427. The first-order valence-electron chi connectivity index (χ1n) is 6.17. The minimum atomic E-state index is -3.03. The Kier molecular flexibility index (Phi) is 6.82. The van der Waals surface area contributed by atoms with E-state index in [1.54, 1.807) is 13.8 Å². The molecule has 0 atom stereocenters. The predicted octanol–water partition coefficient (Wildman–Crippen LogP) is 0.0901. The van der Waals surface area contributed by atoms with Crippen molar-refractivity contribution in [1.82, 2.24) is 5.32 Å². The quantitative estimate of drug-likeness (QED) is 0.192. The Morgan fingerprint density at radius 1 is 1.37 bits per heavy atom. The average Bonchev–Trinajstić information content (AvgIpc) is 2.35. The van der Waals surface area contributed by atoms with Crippen LogP contribution in [-0.2, 0) is 14.6 Å². The maximum absolute atomic E-state index is 12.1. The molecule has 0 saturated heterocycles. The highest BCUT2D eigenvalue weighted by molar-refractivity contribution is 7.90. The molecule has 8 heteroatoms. The summed E-state index contributed by atoms with van der Waals surface area (Å²) >= 11 is 0. The van der Waals surface area contributed by atoms with Gasteiger partial charge in [-0.1, -0.05) is 19.0 Å². The molecule has 19 heavy (non-hydrogen) atoms. The molecular weight excluding hydrogens is 270 g/mol. The van der Waals surface area contributed by atoms with Gasteiger partial charge in [0.1, 0.15) is 15.3 Å². The monoisotopic (exact) mass is 293 g/mol. The fourth-order valence-electron chi connectivity index (χ4n) is 1.85. The van der Waals surface area contributed by atoms with Crippen LogP contribution in [0.2, 0.25) is 0 Å². The lowest BCUT2D eigenvalue weighted by Crippen LogP contribution is -2.49. The Labute approximate surface area is 114 Å². The van der Waals surface area contributed by atoms with Gasteiger partial charge in [-0.15, -0.1) is 0 Å². The number of amidine groups is 1. The molecule has 112 valence electrons. The van der Waals surface area contributed by atoms with Gasteiger partial charge in [0.25, 0.3) is 0 Å². The highest BCUT2D eigenvalue weighted by Gasteiger charge is 2.39. The number of hydrogen-bond donors (Lipinski definition) is 3. The Hall–Kier alpha value is -1.31. The van der Waals surface area contributed by atoms with Gasteiger partial charge in [0.2, 0.25) is 5.91 Å². The SMILES string of the molecule is CCC(CC)(C(=O)NCCCS(C)(=O)=O)C(N)=NO. The fourth-order valence-corrected chi connectivity index (χ4v) is 2.52. The van der Waals surface area contributed by atoms with Crippen molar-refractivity contribution in [3.63, 3.8) is 0 Å². The van der Waals surface area contributed by atoms with Gasteiger partial charge in [0.15, 0.2) is 5.84 Å². The van der Waals surface area contributed by atoms with E-state index in [1.165, 1.54) is 0 Å². The van der Waals surface area contributed by atoms with Crippen molar-refractivity contribution in [2.45, 2.75) is 33.1 Å². The molecule has 0 aliphatic carbocycles. The summed E-state index contributed by atoms with van der Waals surface area (Å²) in [5.41, 5.74) is 4.55. The summed E-state index contributed by atoms with van der Waals surface area (Å²) in [6.07, 6.45) is 2.28. The second-order valence-corrected chi connectivity index (χ2v) is 6.77. The number of carbonyl (C=O) groups is 1. The van der Waals surface area contributed by atoms with Crippen molar-refractivity contribution in [2.75, 3.05) is 18.6 Å². The summed E-state index contributed by atoms with van der Waals surface area (Å²) in [5.74, 6) is -0.457. The van der Waals surface area contributed by atoms with Crippen LogP contribution < -0.4 is 11.1 Å². The lowest BCUT2D eigenvalue weighted by molar-refractivity contribution is -0.128. The molecule has 0 radical (unpaired) electrons. The molecule has 0 bridgehead atoms. The molecule has 0 aliphatic rings. The third-order valence-corrected chi connectivity index (χ3v) is 4.25. The van der Waals surface area contributed by atoms with E-state index < -0.39 is 15.3 Å². The Morgan fingerprint density at radius 3 is 2.26 bits per heavy atom. The summed E-state index contributed by atoms with van der Waals surface area (Å²) < 4.78 is 21.9. The van der Waals surface area contributed by atoms with Crippen LogP contribution in [0.15, 0.2) is 5.16 Å². The van der Waals surface area contributed by atoms with E-state index in [2.05, 4.69) is 10.5 Å². The van der Waals surface area contributed by atoms with Crippen molar-refractivity contribution < 1.29 is 18.4 Å². The molecule has 4 N–H and O–H groups in total. The number of nitrogens with zero attached hydrogens (tertiary/aromatic N) is 1. The van der Waals surface area contributed by atoms with Crippen molar-refractivity contribution >= 4 is 21.6 Å². The largest absolute Gasteiger partial charge is 0.409 e. The van der Waals surface area contributed by atoms with Gasteiger partial charge in [-0.05, 0) is 19.3 Å². The normalized spacial score (nSPS) is 13.3. The van der Waals surface area contributed by atoms with Crippen LogP contribution in [0.3, 0.4) is 0 Å². The highest BCUT2D eigenvalue weighted by Crippen LogP contribution is 2.26. The zero-order valence-corrected chi connectivity index (χ0v) is 12.5. The number of nitrogens with one attached hydrogen (secondary N) is 1. The smallest absolute Gasteiger partial charge is 0.233 e. The molecule has 0 aromatic rings. The van der Waals surface area contributed by atoms with Gasteiger partial charge in [-0.2, -0.15) is 0 Å². The molecule has 0 saturated carbocycles. The van der Waals surface area contributed by atoms with Gasteiger partial charge in [-0.3, -0.25) is 4.79 Å². The number of oxime groups is 1. The van der Waals surface area contributed by atoms with Crippen molar-refractivity contribution in [1.29, 1.82) is 0 Å². The van der Waals surface area contributed by atoms with E-state index in [0.29, 0.717) is 19.3 Å². The van der Waals surface area contributed by atoms with Crippen LogP contribution in [0, 0.1) is 5.41 Å². The lowest BCUT2D eigenvalue weighted by atomic mass is 9.80. The molecule has 0 rings (SSSR count). The van der Waals surface area contributed by atoms with E-state index in [0.717, 1.165) is 6.26 Å². The van der Waals surface area contributed by atoms with Gasteiger partial charge in [0.05, 0.1) is 5.75 Å². The van der Waals surface area contributed by atoms with Crippen LogP contribution in [0.1, 0.15) is 33.1 Å². The zero-order chi connectivity index (χ0) is 15.1. The molecule has 7 nitrogen and oxygen atoms in total. The summed E-state index contributed by atoms with van der Waals surface area (Å²) in [4.78, 5) is 12.1. The number of rotatable bonds is 8. The number of carbonyl (C=O) groups excluding carboxylic acids is 1. The topological polar surface area (TPSA) is 122 Å². The molecule has 0 unspecified atom stereocenters. The second-order valence-electron chi connectivity index (χ2n) is 4.51. The van der Waals surface area contributed by atoms with Crippen LogP contribution in [-0.4, -0.2) is 43.9 Å². The Morgan fingerprint density at radius 2 is 1.89 bits per heavy atom. The molecule has 0 aromatic carbocycles. The summed E-state index contributed by atoms with van der Waals surface area (Å²) in [7, 11) is -3.03. The van der Waals surface area contributed by atoms with Gasteiger partial charge in [-0.25, -0.2) is 8.42 Å². The molecule has 0 spiro atoms. The third kappa shape index (κ3) is 5.06. The van der Waals surface area contributed by atoms with Crippen molar-refractivity contribution in [3.05, 3.63) is 0 Å². The minimum Gasteiger partial charge on any atom is -0.409 e. The maximum atomic E-state index is 12.1. The molecule has 0 fully saturated rings. The first-order valence-corrected chi connectivity index (χ1v) is 8.23. The third-order valence-electron chi connectivity index (χ3n) is 3.22. The number of amides is 1. The average molecular weight is 293 g/mol. The molecule has 0 aromatic heterocycles. The summed E-state index contributed by atoms with van der Waals surface area (Å²) in [6, 6.07) is 0. The maximum Gasteiger partial charge on any atom is 0.233 e. The van der Waals surface area contributed by atoms with E-state index >= 15 is 0 Å². The van der Waals surface area contributed by atoms with E-state index in [-0.39, 0.29) is 24.0 Å². The van der Waals surface area contributed by atoms with Gasteiger partial charge in [0, 0.05) is 12.8 Å². The predicted molar refractivity (Wildman–Crippen MR) is 73.8 cm³/mol. The Balaban J connectivity index is 4.60. The number of sulfone groups is 1. The first kappa shape index (κ1) is 17.7. The lowest BCUT2D eigenvalue weighted by Gasteiger charge is -2.28. The van der Waals surface area contributed by atoms with E-state index in [4.69, 9.17) is 10.9 Å². The molecule has 1 amide bonds. The number of nitrogens with two attached hydrogens (primary N) is 1. The van der Waals surface area contributed by atoms with Gasteiger partial charge < -0.3 is 16.3 Å². The van der Waals surface area contributed by atoms with Gasteiger partial charge >= 0.3 is 0 Å². The van der Waals surface area contributed by atoms with Crippen molar-refractivity contribution in [3.8, 4) is 0 Å². The fraction of sp³-hybridized carbons (Fsp3) is 0.818. The van der Waals surface area contributed by atoms with Crippen LogP contribution >= 0.6 is 0 Å². The zero-order valence-electron chi connectivity index (χ0n) is 11.6. The standard InChI is InChI=1S/C11H23N3O4S/c1-4-11(5-2,9(12)14-16)10(15)13-7-6-8-19(3,17)18/h16H,4-8H2,1-3H3,(H2,12,14)(H,13,15). The van der Waals surface area contributed by atoms with E-state index in [1.807, 2.05) is 0 Å². The second kappa shape index (κ2) is 7.32. The minimum absolute atomic E-state index is 0.0160. The first-order chi connectivity index (χ1) is 8.73. The molecule has 0 heterocycles. The number of hydrogen-bond acceptors (Lipinski definition) is 5. The highest BCUT2D eigenvalue weighted by atomic mass is 32.2. The van der Waals surface area contributed by atoms with Crippen LogP contribution in [0.5, 0.6) is 0 Å². The molecule has 0 aliphatic heterocycles. The summed E-state index contributed by atoms with van der Waals surface area (Å²) in [6.45, 7) is 3.79.